The lowest BCUT2D eigenvalue weighted by Gasteiger charge is -2.13. The highest BCUT2D eigenvalue weighted by Gasteiger charge is 2.15. The smallest absolute Gasteiger partial charge is 0.0948 e. The van der Waals surface area contributed by atoms with Crippen molar-refractivity contribution in [3.05, 3.63) is 18.2 Å². The number of rotatable bonds is 4. The zero-order chi connectivity index (χ0) is 10.7. The van der Waals surface area contributed by atoms with Gasteiger partial charge in [0.15, 0.2) is 0 Å². The van der Waals surface area contributed by atoms with Crippen LogP contribution in [0, 0.1) is 5.92 Å². The number of aromatic nitrogens is 2. The van der Waals surface area contributed by atoms with Crippen molar-refractivity contribution in [2.24, 2.45) is 11.7 Å². The summed E-state index contributed by atoms with van der Waals surface area (Å²) in [6.45, 7) is 3.10. The molecule has 0 amide bonds. The molecule has 1 aliphatic carbocycles. The molecular weight excluding hydrogens is 186 g/mol. The fourth-order valence-corrected chi connectivity index (χ4v) is 2.52. The zero-order valence-corrected chi connectivity index (χ0v) is 9.52. The molecule has 84 valence electrons. The summed E-state index contributed by atoms with van der Waals surface area (Å²) in [5, 5.41) is 0. The van der Waals surface area contributed by atoms with E-state index < -0.39 is 0 Å². The molecule has 1 aromatic rings. The van der Waals surface area contributed by atoms with Gasteiger partial charge in [-0.15, -0.1) is 0 Å². The number of nitrogens with zero attached hydrogens (tertiary/aromatic N) is 2. The van der Waals surface area contributed by atoms with E-state index in [0.717, 1.165) is 18.2 Å². The van der Waals surface area contributed by atoms with E-state index in [0.29, 0.717) is 0 Å². The number of aryl methyl sites for hydroxylation is 1. The van der Waals surface area contributed by atoms with E-state index in [4.69, 9.17) is 5.73 Å². The Hall–Kier alpha value is -0.830. The van der Waals surface area contributed by atoms with E-state index in [2.05, 4.69) is 9.55 Å². The quantitative estimate of drug-likeness (QED) is 0.824. The topological polar surface area (TPSA) is 43.8 Å². The molecule has 0 spiro atoms. The molecule has 0 aliphatic heterocycles. The predicted molar refractivity (Wildman–Crippen MR) is 61.4 cm³/mol. The van der Waals surface area contributed by atoms with Crippen molar-refractivity contribution in [2.45, 2.75) is 51.6 Å². The van der Waals surface area contributed by atoms with Crippen LogP contribution in [0.1, 0.15) is 50.8 Å². The second-order valence-corrected chi connectivity index (χ2v) is 4.74. The third kappa shape index (κ3) is 2.59. The number of imidazole rings is 1. The molecule has 1 fully saturated rings. The predicted octanol–water partition coefficient (Wildman–Crippen LogP) is 2.48. The van der Waals surface area contributed by atoms with Crippen molar-refractivity contribution in [1.29, 1.82) is 0 Å². The lowest BCUT2D eigenvalue weighted by molar-refractivity contribution is 0.449. The van der Waals surface area contributed by atoms with Crippen LogP contribution < -0.4 is 5.73 Å². The van der Waals surface area contributed by atoms with Crippen molar-refractivity contribution in [3.63, 3.8) is 0 Å². The van der Waals surface area contributed by atoms with E-state index >= 15 is 0 Å². The van der Waals surface area contributed by atoms with Crippen LogP contribution >= 0.6 is 0 Å². The minimum atomic E-state index is 0.0936. The molecular formula is C12H21N3. The van der Waals surface area contributed by atoms with Crippen molar-refractivity contribution in [1.82, 2.24) is 9.55 Å². The third-order valence-corrected chi connectivity index (χ3v) is 3.46. The third-order valence-electron chi connectivity index (χ3n) is 3.46. The van der Waals surface area contributed by atoms with E-state index in [1.54, 1.807) is 0 Å². The summed E-state index contributed by atoms with van der Waals surface area (Å²) < 4.78 is 2.21. The van der Waals surface area contributed by atoms with Crippen LogP contribution in [-0.2, 0) is 6.54 Å². The summed E-state index contributed by atoms with van der Waals surface area (Å²) in [4.78, 5) is 4.17. The first-order valence-corrected chi connectivity index (χ1v) is 6.03. The Kier molecular flexibility index (Phi) is 3.41. The maximum absolute atomic E-state index is 5.88. The van der Waals surface area contributed by atoms with Gasteiger partial charge in [-0.3, -0.25) is 0 Å². The van der Waals surface area contributed by atoms with Gasteiger partial charge in [0.05, 0.1) is 12.0 Å². The summed E-state index contributed by atoms with van der Waals surface area (Å²) in [6, 6.07) is 0.0936. The average Bonchev–Trinajstić information content (AvgIpc) is 2.86. The van der Waals surface area contributed by atoms with Crippen molar-refractivity contribution in [2.75, 3.05) is 0 Å². The van der Waals surface area contributed by atoms with Crippen LogP contribution in [-0.4, -0.2) is 9.55 Å². The van der Waals surface area contributed by atoms with Gasteiger partial charge in [0.25, 0.3) is 0 Å². The molecule has 2 rings (SSSR count). The Balaban J connectivity index is 1.89. The lowest BCUT2D eigenvalue weighted by Crippen LogP contribution is -2.13. The molecule has 3 heteroatoms. The molecule has 1 aliphatic rings. The highest BCUT2D eigenvalue weighted by atomic mass is 15.1. The SMILES string of the molecule is C[C@@H](N)c1cncn1CCC1CCCC1. The molecule has 0 bridgehead atoms. The van der Waals surface area contributed by atoms with Crippen LogP contribution in [0.25, 0.3) is 0 Å². The van der Waals surface area contributed by atoms with Gasteiger partial charge >= 0.3 is 0 Å². The monoisotopic (exact) mass is 207 g/mol. The average molecular weight is 207 g/mol. The van der Waals surface area contributed by atoms with Gasteiger partial charge in [-0.05, 0) is 19.3 Å². The lowest BCUT2D eigenvalue weighted by atomic mass is 10.0. The van der Waals surface area contributed by atoms with Crippen LogP contribution in [0.4, 0.5) is 0 Å². The molecule has 15 heavy (non-hydrogen) atoms. The first-order valence-electron chi connectivity index (χ1n) is 6.03. The first kappa shape index (κ1) is 10.7. The van der Waals surface area contributed by atoms with Crippen molar-refractivity contribution >= 4 is 0 Å². The summed E-state index contributed by atoms with van der Waals surface area (Å²) in [5.41, 5.74) is 7.04. The Morgan fingerprint density at radius 1 is 1.53 bits per heavy atom. The number of nitrogens with two attached hydrogens (primary N) is 1. The summed E-state index contributed by atoms with van der Waals surface area (Å²) >= 11 is 0. The highest BCUT2D eigenvalue weighted by molar-refractivity contribution is 5.02. The van der Waals surface area contributed by atoms with Gasteiger partial charge in [0.1, 0.15) is 0 Å². The molecule has 1 heterocycles. The summed E-state index contributed by atoms with van der Waals surface area (Å²) in [6.07, 6.45) is 10.8. The Morgan fingerprint density at radius 2 is 2.27 bits per heavy atom. The Labute approximate surface area is 91.7 Å². The zero-order valence-electron chi connectivity index (χ0n) is 9.52. The van der Waals surface area contributed by atoms with Crippen LogP contribution in [0.3, 0.4) is 0 Å². The van der Waals surface area contributed by atoms with E-state index in [1.807, 2.05) is 19.4 Å². The fourth-order valence-electron chi connectivity index (χ4n) is 2.52. The van der Waals surface area contributed by atoms with Gasteiger partial charge in [-0.1, -0.05) is 25.7 Å². The molecule has 0 saturated heterocycles. The maximum atomic E-state index is 5.88. The van der Waals surface area contributed by atoms with Gasteiger partial charge in [0.2, 0.25) is 0 Å². The number of hydrogen-bond donors (Lipinski definition) is 1. The maximum Gasteiger partial charge on any atom is 0.0948 e. The van der Waals surface area contributed by atoms with Gasteiger partial charge in [0, 0.05) is 18.8 Å². The van der Waals surface area contributed by atoms with Crippen molar-refractivity contribution < 1.29 is 0 Å². The van der Waals surface area contributed by atoms with Gasteiger partial charge in [-0.25, -0.2) is 4.98 Å². The second-order valence-electron chi connectivity index (χ2n) is 4.74. The van der Waals surface area contributed by atoms with Crippen LogP contribution in [0.2, 0.25) is 0 Å². The number of hydrogen-bond acceptors (Lipinski definition) is 2. The molecule has 0 aromatic carbocycles. The van der Waals surface area contributed by atoms with E-state index in [-0.39, 0.29) is 6.04 Å². The molecule has 2 N–H and O–H groups in total. The largest absolute Gasteiger partial charge is 0.333 e. The standard InChI is InChI=1S/C12H21N3/c1-10(13)12-8-14-9-15(12)7-6-11-4-2-3-5-11/h8-11H,2-7,13H2,1H3/t10-/m1/s1. The minimum absolute atomic E-state index is 0.0936. The molecule has 1 aromatic heterocycles. The molecule has 0 unspecified atom stereocenters. The Bertz CT molecular complexity index is 298. The Morgan fingerprint density at radius 3 is 2.93 bits per heavy atom. The first-order chi connectivity index (χ1) is 7.27. The van der Waals surface area contributed by atoms with Crippen LogP contribution in [0.15, 0.2) is 12.5 Å². The minimum Gasteiger partial charge on any atom is -0.333 e. The molecule has 0 radical (unpaired) electrons. The fraction of sp³-hybridized carbons (Fsp3) is 0.750. The molecule has 1 atom stereocenters. The van der Waals surface area contributed by atoms with Gasteiger partial charge < -0.3 is 10.3 Å². The second kappa shape index (κ2) is 4.79. The van der Waals surface area contributed by atoms with Crippen LogP contribution in [0.5, 0.6) is 0 Å². The van der Waals surface area contributed by atoms with Crippen molar-refractivity contribution in [3.8, 4) is 0 Å². The normalized spacial score (nSPS) is 19.6. The highest BCUT2D eigenvalue weighted by Crippen LogP contribution is 2.28. The van der Waals surface area contributed by atoms with E-state index in [9.17, 15) is 0 Å². The summed E-state index contributed by atoms with van der Waals surface area (Å²) in [7, 11) is 0. The molecule has 3 nitrogen and oxygen atoms in total. The van der Waals surface area contributed by atoms with E-state index in [1.165, 1.54) is 32.1 Å². The molecule has 1 saturated carbocycles. The summed E-state index contributed by atoms with van der Waals surface area (Å²) in [5.74, 6) is 0.938. The van der Waals surface area contributed by atoms with Gasteiger partial charge in [-0.2, -0.15) is 0 Å².